The van der Waals surface area contributed by atoms with Crippen LogP contribution in [0.25, 0.3) is 0 Å². The molecule has 2 heterocycles. The van der Waals surface area contributed by atoms with Crippen LogP contribution in [-0.4, -0.2) is 61.9 Å². The molecule has 0 saturated carbocycles. The van der Waals surface area contributed by atoms with Crippen LogP contribution >= 0.6 is 0 Å². The van der Waals surface area contributed by atoms with E-state index < -0.39 is 0 Å². The molecule has 2 amide bonds. The lowest BCUT2D eigenvalue weighted by Crippen LogP contribution is -2.42. The Bertz CT molecular complexity index is 450. The van der Waals surface area contributed by atoms with E-state index >= 15 is 0 Å². The fourth-order valence-electron chi connectivity index (χ4n) is 2.06. The Kier molecular flexibility index (Phi) is 6.23. The van der Waals surface area contributed by atoms with E-state index in [-0.39, 0.29) is 6.03 Å². The Balaban J connectivity index is 1.73. The van der Waals surface area contributed by atoms with E-state index in [4.69, 9.17) is 9.47 Å². The predicted molar refractivity (Wildman–Crippen MR) is 79.7 cm³/mol. The van der Waals surface area contributed by atoms with E-state index in [1.54, 1.807) is 18.3 Å². The molecule has 1 aliphatic rings. The zero-order valence-corrected chi connectivity index (χ0v) is 12.3. The molecule has 116 valence electrons. The van der Waals surface area contributed by atoms with Crippen LogP contribution in [0.3, 0.4) is 0 Å². The van der Waals surface area contributed by atoms with Crippen molar-refractivity contribution in [3.05, 3.63) is 18.3 Å². The third kappa shape index (κ3) is 5.20. The number of pyridine rings is 1. The van der Waals surface area contributed by atoms with Crippen LogP contribution in [0, 0.1) is 0 Å². The number of nitrogens with zero attached hydrogens (tertiary/aromatic N) is 2. The van der Waals surface area contributed by atoms with Crippen molar-refractivity contribution in [1.29, 1.82) is 0 Å². The first-order valence-corrected chi connectivity index (χ1v) is 7.22. The number of urea groups is 1. The van der Waals surface area contributed by atoms with Gasteiger partial charge in [-0.1, -0.05) is 0 Å². The molecule has 2 rings (SSSR count). The molecule has 1 aromatic rings. The maximum atomic E-state index is 11.9. The zero-order chi connectivity index (χ0) is 14.9. The van der Waals surface area contributed by atoms with Gasteiger partial charge in [0.25, 0.3) is 0 Å². The van der Waals surface area contributed by atoms with Gasteiger partial charge in [-0.2, -0.15) is 0 Å². The van der Waals surface area contributed by atoms with Gasteiger partial charge in [0.2, 0.25) is 5.88 Å². The van der Waals surface area contributed by atoms with Crippen LogP contribution in [0.15, 0.2) is 18.3 Å². The highest BCUT2D eigenvalue weighted by atomic mass is 16.5. The molecule has 1 saturated heterocycles. The first-order chi connectivity index (χ1) is 10.3. The SMILES string of the molecule is CCOc1ncccc1NC(=O)NCCN1CCOCC1. The van der Waals surface area contributed by atoms with Crippen molar-refractivity contribution >= 4 is 11.7 Å². The number of hydrogen-bond acceptors (Lipinski definition) is 5. The zero-order valence-electron chi connectivity index (χ0n) is 12.3. The van der Waals surface area contributed by atoms with Gasteiger partial charge in [0.05, 0.1) is 19.8 Å². The van der Waals surface area contributed by atoms with E-state index in [9.17, 15) is 4.79 Å². The number of anilines is 1. The molecule has 0 bridgehead atoms. The summed E-state index contributed by atoms with van der Waals surface area (Å²) < 4.78 is 10.6. The number of amides is 2. The van der Waals surface area contributed by atoms with Crippen molar-refractivity contribution < 1.29 is 14.3 Å². The van der Waals surface area contributed by atoms with Crippen molar-refractivity contribution in [3.63, 3.8) is 0 Å². The van der Waals surface area contributed by atoms with Gasteiger partial charge in [0.1, 0.15) is 5.69 Å². The van der Waals surface area contributed by atoms with Gasteiger partial charge < -0.3 is 20.1 Å². The molecule has 7 heteroatoms. The Labute approximate surface area is 124 Å². The summed E-state index contributed by atoms with van der Waals surface area (Å²) in [7, 11) is 0. The number of carbonyl (C=O) groups is 1. The summed E-state index contributed by atoms with van der Waals surface area (Å²) in [6, 6.07) is 3.27. The van der Waals surface area contributed by atoms with Gasteiger partial charge >= 0.3 is 6.03 Å². The molecule has 0 atom stereocenters. The quantitative estimate of drug-likeness (QED) is 0.816. The van der Waals surface area contributed by atoms with Crippen LogP contribution in [0.1, 0.15) is 6.92 Å². The second kappa shape index (κ2) is 8.43. The summed E-state index contributed by atoms with van der Waals surface area (Å²) in [4.78, 5) is 18.2. The molecular formula is C14H22N4O3. The van der Waals surface area contributed by atoms with Gasteiger partial charge in [-0.3, -0.25) is 4.90 Å². The molecule has 1 fully saturated rings. The Morgan fingerprint density at radius 2 is 2.29 bits per heavy atom. The number of aromatic nitrogens is 1. The lowest BCUT2D eigenvalue weighted by atomic mass is 10.4. The molecule has 0 aromatic carbocycles. The fraction of sp³-hybridized carbons (Fsp3) is 0.571. The second-order valence-corrected chi connectivity index (χ2v) is 4.62. The molecule has 0 unspecified atom stereocenters. The standard InChI is InChI=1S/C14H22N4O3/c1-2-21-13-12(4-3-5-15-13)17-14(19)16-6-7-18-8-10-20-11-9-18/h3-5H,2,6-11H2,1H3,(H2,16,17,19). The van der Waals surface area contributed by atoms with E-state index in [2.05, 4.69) is 20.5 Å². The summed E-state index contributed by atoms with van der Waals surface area (Å²) in [5.74, 6) is 0.434. The van der Waals surface area contributed by atoms with Crippen molar-refractivity contribution in [2.45, 2.75) is 6.92 Å². The molecule has 0 aliphatic carbocycles. The number of morpholine rings is 1. The molecule has 2 N–H and O–H groups in total. The number of carbonyl (C=O) groups excluding carboxylic acids is 1. The van der Waals surface area contributed by atoms with Crippen molar-refractivity contribution in [3.8, 4) is 5.88 Å². The Morgan fingerprint density at radius 3 is 3.05 bits per heavy atom. The van der Waals surface area contributed by atoms with E-state index in [1.165, 1.54) is 0 Å². The van der Waals surface area contributed by atoms with Crippen molar-refractivity contribution in [1.82, 2.24) is 15.2 Å². The Hall–Kier alpha value is -1.86. The van der Waals surface area contributed by atoms with Crippen LogP contribution < -0.4 is 15.4 Å². The lowest BCUT2D eigenvalue weighted by Gasteiger charge is -2.26. The second-order valence-electron chi connectivity index (χ2n) is 4.62. The van der Waals surface area contributed by atoms with Gasteiger partial charge in [-0.25, -0.2) is 9.78 Å². The average molecular weight is 294 g/mol. The topological polar surface area (TPSA) is 75.7 Å². The summed E-state index contributed by atoms with van der Waals surface area (Å²) in [6.07, 6.45) is 1.63. The number of hydrogen-bond donors (Lipinski definition) is 2. The molecule has 0 radical (unpaired) electrons. The minimum absolute atomic E-state index is 0.253. The fourth-order valence-corrected chi connectivity index (χ4v) is 2.06. The third-order valence-corrected chi connectivity index (χ3v) is 3.12. The highest BCUT2D eigenvalue weighted by Gasteiger charge is 2.11. The third-order valence-electron chi connectivity index (χ3n) is 3.12. The first-order valence-electron chi connectivity index (χ1n) is 7.22. The van der Waals surface area contributed by atoms with Crippen molar-refractivity contribution in [2.75, 3.05) is 51.3 Å². The average Bonchev–Trinajstić information content (AvgIpc) is 2.50. The molecule has 1 aromatic heterocycles. The minimum Gasteiger partial charge on any atom is -0.476 e. The van der Waals surface area contributed by atoms with Gasteiger partial charge in [0, 0.05) is 32.4 Å². The normalized spacial score (nSPS) is 15.5. The molecule has 1 aliphatic heterocycles. The van der Waals surface area contributed by atoms with Gasteiger partial charge in [0.15, 0.2) is 0 Å². The number of rotatable bonds is 6. The predicted octanol–water partition coefficient (Wildman–Crippen LogP) is 0.934. The minimum atomic E-state index is -0.253. The highest BCUT2D eigenvalue weighted by molar-refractivity contribution is 5.90. The molecule has 21 heavy (non-hydrogen) atoms. The van der Waals surface area contributed by atoms with Gasteiger partial charge in [-0.05, 0) is 19.1 Å². The monoisotopic (exact) mass is 294 g/mol. The molecular weight excluding hydrogens is 272 g/mol. The first kappa shape index (κ1) is 15.5. The van der Waals surface area contributed by atoms with Gasteiger partial charge in [-0.15, -0.1) is 0 Å². The number of ether oxygens (including phenoxy) is 2. The number of nitrogens with one attached hydrogen (secondary N) is 2. The smallest absolute Gasteiger partial charge is 0.319 e. The lowest BCUT2D eigenvalue weighted by molar-refractivity contribution is 0.0388. The van der Waals surface area contributed by atoms with Crippen LogP contribution in [0.4, 0.5) is 10.5 Å². The summed E-state index contributed by atoms with van der Waals surface area (Å²) in [5, 5.41) is 5.58. The Morgan fingerprint density at radius 1 is 1.48 bits per heavy atom. The van der Waals surface area contributed by atoms with Crippen LogP contribution in [0.5, 0.6) is 5.88 Å². The maximum Gasteiger partial charge on any atom is 0.319 e. The summed E-state index contributed by atoms with van der Waals surface area (Å²) >= 11 is 0. The van der Waals surface area contributed by atoms with Crippen molar-refractivity contribution in [2.24, 2.45) is 0 Å². The molecule has 7 nitrogen and oxygen atoms in total. The maximum absolute atomic E-state index is 11.9. The van der Waals surface area contributed by atoms with Crippen LogP contribution in [0.2, 0.25) is 0 Å². The van der Waals surface area contributed by atoms with Crippen LogP contribution in [-0.2, 0) is 4.74 Å². The molecule has 0 spiro atoms. The van der Waals surface area contributed by atoms with E-state index in [0.29, 0.717) is 24.7 Å². The highest BCUT2D eigenvalue weighted by Crippen LogP contribution is 2.19. The van der Waals surface area contributed by atoms with E-state index in [1.807, 2.05) is 6.92 Å². The van der Waals surface area contributed by atoms with E-state index in [0.717, 1.165) is 32.8 Å². The largest absolute Gasteiger partial charge is 0.476 e. The summed E-state index contributed by atoms with van der Waals surface area (Å²) in [6.45, 7) is 7.16. The summed E-state index contributed by atoms with van der Waals surface area (Å²) in [5.41, 5.74) is 0.572.